The Morgan fingerprint density at radius 1 is 0.775 bits per heavy atom. The molecule has 0 saturated carbocycles. The van der Waals surface area contributed by atoms with Crippen LogP contribution >= 0.6 is 0 Å². The van der Waals surface area contributed by atoms with Gasteiger partial charge in [0.05, 0.1) is 0 Å². The number of carbonyl (C=O) groups is 2. The maximum absolute atomic E-state index is 12.7. The van der Waals surface area contributed by atoms with Gasteiger partial charge in [-0.1, -0.05) is 31.2 Å². The molecule has 40 heavy (non-hydrogen) atoms. The van der Waals surface area contributed by atoms with Crippen molar-refractivity contribution >= 4 is 30.2 Å². The van der Waals surface area contributed by atoms with E-state index in [9.17, 15) is 45.3 Å². The van der Waals surface area contributed by atoms with Crippen molar-refractivity contribution in [3.63, 3.8) is 0 Å². The number of ether oxygens (including phenoxy) is 1. The van der Waals surface area contributed by atoms with E-state index >= 15 is 0 Å². The second kappa shape index (κ2) is 13.1. The van der Waals surface area contributed by atoms with Crippen molar-refractivity contribution in [1.29, 1.82) is 0 Å². The highest BCUT2D eigenvalue weighted by Crippen LogP contribution is 2.33. The minimum absolute atomic E-state index is 0.0856. The molecule has 0 heterocycles. The Balaban J connectivity index is 1.87. The monoisotopic (exact) mass is 551 g/mol. The highest BCUT2D eigenvalue weighted by atomic mass is 16.6. The number of aromatic hydroxyl groups is 6. The molecule has 0 unspecified atom stereocenters. The summed E-state index contributed by atoms with van der Waals surface area (Å²) in [5, 5.41) is 71.4. The molecule has 0 saturated heterocycles. The smallest absolute Gasteiger partial charge is 0.345 e. The number of rotatable bonds is 11. The van der Waals surface area contributed by atoms with Gasteiger partial charge in [-0.3, -0.25) is 0 Å². The Bertz CT molecular complexity index is 1450. The fraction of sp³-hybridized carbons (Fsp3) is 0.172. The fourth-order valence-corrected chi connectivity index (χ4v) is 3.83. The van der Waals surface area contributed by atoms with Crippen molar-refractivity contribution in [2.45, 2.75) is 18.9 Å². The van der Waals surface area contributed by atoms with Crippen molar-refractivity contribution in [2.75, 3.05) is 13.1 Å². The van der Waals surface area contributed by atoms with Gasteiger partial charge in [0, 0.05) is 18.5 Å². The number of hydrogen-bond acceptors (Lipinski definition) is 10. The second-order valence-electron chi connectivity index (χ2n) is 8.74. The number of hydrogen-bond donors (Lipinski definition) is 8. The third-order valence-electron chi connectivity index (χ3n) is 5.93. The minimum atomic E-state index is -1.66. The Morgan fingerprint density at radius 3 is 1.93 bits per heavy atom. The van der Waals surface area contributed by atoms with Gasteiger partial charge >= 0.3 is 11.9 Å². The van der Waals surface area contributed by atoms with Crippen LogP contribution in [0.15, 0.2) is 54.6 Å². The van der Waals surface area contributed by atoms with E-state index in [-0.39, 0.29) is 29.4 Å². The molecule has 0 aliphatic carbocycles. The van der Waals surface area contributed by atoms with Crippen molar-refractivity contribution in [2.24, 2.45) is 0 Å². The number of esters is 1. The van der Waals surface area contributed by atoms with Crippen LogP contribution in [0.4, 0.5) is 0 Å². The zero-order valence-corrected chi connectivity index (χ0v) is 21.4. The quantitative estimate of drug-likeness (QED) is 0.0751. The molecule has 0 aliphatic heterocycles. The number of phenols is 6. The molecule has 0 aliphatic rings. The second-order valence-corrected chi connectivity index (χ2v) is 8.74. The summed E-state index contributed by atoms with van der Waals surface area (Å²) >= 11 is 0. The molecule has 3 rings (SSSR count). The van der Waals surface area contributed by atoms with E-state index in [2.05, 4.69) is 5.32 Å². The van der Waals surface area contributed by atoms with Crippen LogP contribution in [0.5, 0.6) is 34.5 Å². The van der Waals surface area contributed by atoms with Gasteiger partial charge in [-0.2, -0.15) is 0 Å². The van der Waals surface area contributed by atoms with Crippen molar-refractivity contribution in [1.82, 2.24) is 5.32 Å². The van der Waals surface area contributed by atoms with E-state index in [0.717, 1.165) is 6.08 Å². The number of benzene rings is 3. The average Bonchev–Trinajstić information content (AvgIpc) is 2.91. The predicted octanol–water partition coefficient (Wildman–Crippen LogP) is 3.49. The van der Waals surface area contributed by atoms with E-state index in [4.69, 9.17) is 4.74 Å². The minimum Gasteiger partial charge on any atom is -0.504 e. The summed E-state index contributed by atoms with van der Waals surface area (Å²) in [7, 11) is 0. The maximum atomic E-state index is 12.7. The largest absolute Gasteiger partial charge is 0.504 e. The van der Waals surface area contributed by atoms with E-state index < -0.39 is 41.2 Å². The molecule has 11 nitrogen and oxygen atoms in total. The highest BCUT2D eigenvalue weighted by Gasteiger charge is 2.33. The van der Waals surface area contributed by atoms with Crippen LogP contribution in [0.1, 0.15) is 35.1 Å². The first kappa shape index (κ1) is 29.4. The number of nitrogens with one attached hydrogen (secondary N) is 1. The van der Waals surface area contributed by atoms with E-state index in [1.165, 1.54) is 60.7 Å². The predicted molar refractivity (Wildman–Crippen MR) is 146 cm³/mol. The summed E-state index contributed by atoms with van der Waals surface area (Å²) in [6.07, 6.45) is 3.65. The number of carboxylic acid groups (broad SMARTS) is 1. The third kappa shape index (κ3) is 7.45. The summed E-state index contributed by atoms with van der Waals surface area (Å²) in [6, 6.07) is 10.4. The molecule has 2 atom stereocenters. The van der Waals surface area contributed by atoms with Crippen LogP contribution < -0.4 is 5.32 Å². The normalized spacial score (nSPS) is 12.9. The third-order valence-corrected chi connectivity index (χ3v) is 5.93. The lowest BCUT2D eigenvalue weighted by Gasteiger charge is -2.24. The standard InChI is InChI=1S/C29H29NO10/c1-2-30-15-20(19-6-9-22(32)24(34)14-19)28(29(38)39)40-27(37)10-7-18-13-26(36)25(35)12-17(18)5-3-16-4-8-21(31)23(33)11-16/h3-14,20,28,30-36H,2,15H2,1H3,(H,38,39)/b5-3+,10-7-/t20-,28+/m0/s1. The number of aliphatic carboxylic acids is 1. The molecule has 0 aromatic heterocycles. The fourth-order valence-electron chi connectivity index (χ4n) is 3.83. The Morgan fingerprint density at radius 2 is 1.35 bits per heavy atom. The lowest BCUT2D eigenvalue weighted by atomic mass is 9.92. The van der Waals surface area contributed by atoms with Gasteiger partial charge in [-0.15, -0.1) is 0 Å². The lowest BCUT2D eigenvalue weighted by molar-refractivity contribution is -0.162. The van der Waals surface area contributed by atoms with Crippen LogP contribution in [0.25, 0.3) is 18.2 Å². The number of carbonyl (C=O) groups excluding carboxylic acids is 1. The van der Waals surface area contributed by atoms with Crippen molar-refractivity contribution in [3.8, 4) is 34.5 Å². The molecule has 3 aromatic carbocycles. The first-order valence-electron chi connectivity index (χ1n) is 12.1. The van der Waals surface area contributed by atoms with Crippen LogP contribution in [0.3, 0.4) is 0 Å². The summed E-state index contributed by atoms with van der Waals surface area (Å²) in [5.74, 6) is -5.72. The Labute approximate surface area is 229 Å². The molecule has 8 N–H and O–H groups in total. The summed E-state index contributed by atoms with van der Waals surface area (Å²) in [5.41, 5.74) is 1.45. The molecule has 3 aromatic rings. The van der Waals surface area contributed by atoms with Crippen LogP contribution in [0, 0.1) is 0 Å². The van der Waals surface area contributed by atoms with Gasteiger partial charge in [0.15, 0.2) is 34.5 Å². The van der Waals surface area contributed by atoms with Gasteiger partial charge < -0.3 is 45.8 Å². The van der Waals surface area contributed by atoms with E-state index in [1.54, 1.807) is 13.0 Å². The first-order chi connectivity index (χ1) is 19.0. The SMILES string of the molecule is CCNC[C@@H](c1ccc(O)c(O)c1)[C@@H](OC(=O)/C=C\c1cc(O)c(O)cc1/C=C/c1ccc(O)c(O)c1)C(=O)O. The number of carboxylic acids is 1. The van der Waals surface area contributed by atoms with Gasteiger partial charge in [0.2, 0.25) is 6.10 Å². The molecule has 0 amide bonds. The Hall–Kier alpha value is -5.16. The Kier molecular flexibility index (Phi) is 9.61. The van der Waals surface area contributed by atoms with Crippen molar-refractivity contribution < 1.29 is 50.1 Å². The van der Waals surface area contributed by atoms with Gasteiger partial charge in [0.25, 0.3) is 0 Å². The lowest BCUT2D eigenvalue weighted by Crippen LogP contribution is -2.38. The van der Waals surface area contributed by atoms with Crippen LogP contribution in [0.2, 0.25) is 0 Å². The topological polar surface area (TPSA) is 197 Å². The number of phenolic OH excluding ortho intramolecular Hbond substituents is 6. The van der Waals surface area contributed by atoms with Crippen LogP contribution in [-0.4, -0.2) is 66.9 Å². The van der Waals surface area contributed by atoms with Gasteiger partial charge in [-0.05, 0) is 71.3 Å². The molecule has 0 bridgehead atoms. The molecule has 0 fully saturated rings. The maximum Gasteiger partial charge on any atom is 0.345 e. The molecular weight excluding hydrogens is 522 g/mol. The van der Waals surface area contributed by atoms with Gasteiger partial charge in [-0.25, -0.2) is 9.59 Å². The first-order valence-corrected chi connectivity index (χ1v) is 12.1. The molecule has 0 spiro atoms. The van der Waals surface area contributed by atoms with Crippen molar-refractivity contribution in [3.05, 3.63) is 76.9 Å². The summed E-state index contributed by atoms with van der Waals surface area (Å²) in [6.45, 7) is 2.38. The zero-order valence-electron chi connectivity index (χ0n) is 21.4. The average molecular weight is 552 g/mol. The molecular formula is C29H29NO10. The van der Waals surface area contributed by atoms with E-state index in [0.29, 0.717) is 23.2 Å². The molecule has 210 valence electrons. The molecule has 11 heteroatoms. The summed E-state index contributed by atoms with van der Waals surface area (Å²) < 4.78 is 5.27. The zero-order chi connectivity index (χ0) is 29.4. The highest BCUT2D eigenvalue weighted by molar-refractivity contribution is 5.91. The van der Waals surface area contributed by atoms with Crippen LogP contribution in [-0.2, 0) is 14.3 Å². The van der Waals surface area contributed by atoms with E-state index in [1.807, 2.05) is 0 Å². The number of likely N-dealkylation sites (N-methyl/N-ethyl adjacent to an activating group) is 1. The summed E-state index contributed by atoms with van der Waals surface area (Å²) in [4.78, 5) is 24.8. The molecule has 0 radical (unpaired) electrons. The van der Waals surface area contributed by atoms with Gasteiger partial charge in [0.1, 0.15) is 0 Å².